The molecule has 0 unspecified atom stereocenters. The lowest BCUT2D eigenvalue weighted by Gasteiger charge is -2.32. The third kappa shape index (κ3) is 3.63. The number of amides is 1. The number of aryl methyl sites for hydroxylation is 1. The summed E-state index contributed by atoms with van der Waals surface area (Å²) in [6.07, 6.45) is 6.83. The van der Waals surface area contributed by atoms with Crippen molar-refractivity contribution in [1.82, 2.24) is 34.4 Å². The molecule has 4 aromatic rings. The summed E-state index contributed by atoms with van der Waals surface area (Å²) in [5.41, 5.74) is 2.27. The van der Waals surface area contributed by atoms with Gasteiger partial charge in [0.15, 0.2) is 5.65 Å². The number of aromatic nitrogens is 6. The van der Waals surface area contributed by atoms with Crippen LogP contribution < -0.4 is 0 Å². The minimum Gasteiger partial charge on any atom is -0.338 e. The van der Waals surface area contributed by atoms with Gasteiger partial charge in [-0.25, -0.2) is 19.3 Å². The van der Waals surface area contributed by atoms with E-state index in [1.807, 2.05) is 20.3 Å². The second-order valence-corrected chi connectivity index (χ2v) is 9.57. The van der Waals surface area contributed by atoms with Gasteiger partial charge in [0, 0.05) is 24.0 Å². The lowest BCUT2D eigenvalue weighted by molar-refractivity contribution is 0.0692. The molecular weight excluding hydrogens is 410 g/mol. The summed E-state index contributed by atoms with van der Waals surface area (Å²) in [6.45, 7) is 7.62. The summed E-state index contributed by atoms with van der Waals surface area (Å²) < 4.78 is 3.80. The molecule has 1 amide bonds. The predicted molar refractivity (Wildman–Crippen MR) is 120 cm³/mol. The number of hydrogen-bond donors (Lipinski definition) is 0. The molecule has 160 valence electrons. The first-order valence-corrected chi connectivity index (χ1v) is 11.4. The highest BCUT2D eigenvalue weighted by molar-refractivity contribution is 7.15. The van der Waals surface area contributed by atoms with Crippen LogP contribution in [0.1, 0.15) is 54.0 Å². The molecule has 0 aliphatic carbocycles. The molecule has 4 aromatic heterocycles. The molecule has 0 radical (unpaired) electrons. The molecule has 0 bridgehead atoms. The maximum atomic E-state index is 13.6. The summed E-state index contributed by atoms with van der Waals surface area (Å²) in [7, 11) is 0. The molecule has 1 fully saturated rings. The van der Waals surface area contributed by atoms with Crippen LogP contribution in [0.15, 0.2) is 37.1 Å². The Bertz CT molecular complexity index is 1220. The van der Waals surface area contributed by atoms with E-state index in [-0.39, 0.29) is 18.0 Å². The van der Waals surface area contributed by atoms with E-state index in [1.54, 1.807) is 30.2 Å². The Balaban J connectivity index is 1.50. The largest absolute Gasteiger partial charge is 0.338 e. The molecule has 1 aliphatic rings. The van der Waals surface area contributed by atoms with Crippen molar-refractivity contribution in [3.8, 4) is 10.6 Å². The molecule has 0 spiro atoms. The van der Waals surface area contributed by atoms with Gasteiger partial charge in [0.2, 0.25) is 0 Å². The van der Waals surface area contributed by atoms with Crippen LogP contribution in [0.4, 0.5) is 0 Å². The lowest BCUT2D eigenvalue weighted by atomic mass is 10.0. The van der Waals surface area contributed by atoms with E-state index in [1.165, 1.54) is 4.88 Å². The molecule has 0 N–H and O–H groups in total. The highest BCUT2D eigenvalue weighted by Gasteiger charge is 2.27. The van der Waals surface area contributed by atoms with Crippen molar-refractivity contribution < 1.29 is 4.79 Å². The first-order chi connectivity index (χ1) is 15.0. The topological polar surface area (TPSA) is 81.7 Å². The average molecular weight is 436 g/mol. The number of carbonyl (C=O) groups is 1. The zero-order chi connectivity index (χ0) is 21.5. The van der Waals surface area contributed by atoms with Gasteiger partial charge < -0.3 is 4.90 Å². The van der Waals surface area contributed by atoms with Crippen molar-refractivity contribution in [3.63, 3.8) is 0 Å². The Morgan fingerprint density at radius 2 is 2.00 bits per heavy atom. The summed E-state index contributed by atoms with van der Waals surface area (Å²) in [6, 6.07) is 6.54. The number of likely N-dealkylation sites (tertiary alicyclic amines) is 1. The van der Waals surface area contributed by atoms with Crippen LogP contribution in [0.25, 0.3) is 21.6 Å². The second kappa shape index (κ2) is 7.88. The van der Waals surface area contributed by atoms with Crippen LogP contribution in [-0.2, 0) is 0 Å². The standard InChI is InChI=1S/C22H25N7OS/c1-14(2)29-21-18(11-24-29)17(10-19(26-21)20-5-4-15(3)31-20)22(30)27-8-6-16(7-9-27)28-13-23-12-25-28/h4-5,10-14,16H,6-9H2,1-3H3. The van der Waals surface area contributed by atoms with Crippen LogP contribution in [0.3, 0.4) is 0 Å². The fraction of sp³-hybridized carbons (Fsp3) is 0.409. The van der Waals surface area contributed by atoms with E-state index in [0.717, 1.165) is 34.4 Å². The number of hydrogen-bond acceptors (Lipinski definition) is 6. The van der Waals surface area contributed by atoms with Gasteiger partial charge in [-0.3, -0.25) is 4.79 Å². The number of carbonyl (C=O) groups excluding carboxylic acids is 1. The molecular formula is C22H25N7OS. The zero-order valence-corrected chi connectivity index (χ0v) is 18.7. The van der Waals surface area contributed by atoms with Crippen LogP contribution >= 0.6 is 11.3 Å². The molecule has 0 atom stereocenters. The molecule has 0 aromatic carbocycles. The summed E-state index contributed by atoms with van der Waals surface area (Å²) in [5, 5.41) is 9.61. The van der Waals surface area contributed by atoms with Gasteiger partial charge in [-0.1, -0.05) is 0 Å². The number of fused-ring (bicyclic) bond motifs is 1. The Kier molecular flexibility index (Phi) is 5.05. The maximum Gasteiger partial charge on any atom is 0.254 e. The molecule has 5 rings (SSSR count). The quantitative estimate of drug-likeness (QED) is 0.482. The van der Waals surface area contributed by atoms with Crippen molar-refractivity contribution in [2.45, 2.75) is 45.7 Å². The van der Waals surface area contributed by atoms with Crippen LogP contribution in [-0.4, -0.2) is 53.4 Å². The molecule has 5 heterocycles. The summed E-state index contributed by atoms with van der Waals surface area (Å²) in [4.78, 5) is 26.8. The number of piperidine rings is 1. The minimum absolute atomic E-state index is 0.0438. The number of thiophene rings is 1. The van der Waals surface area contributed by atoms with E-state index in [9.17, 15) is 4.79 Å². The SMILES string of the molecule is Cc1ccc(-c2cc(C(=O)N3CCC(n4cncn4)CC3)c3cnn(C(C)C)c3n2)s1. The Morgan fingerprint density at radius 3 is 2.65 bits per heavy atom. The molecule has 1 aliphatic heterocycles. The molecule has 1 saturated heterocycles. The highest BCUT2D eigenvalue weighted by Crippen LogP contribution is 2.32. The molecule has 9 heteroatoms. The van der Waals surface area contributed by atoms with Crippen molar-refractivity contribution in [2.24, 2.45) is 0 Å². The van der Waals surface area contributed by atoms with Crippen molar-refractivity contribution in [3.05, 3.63) is 47.5 Å². The highest BCUT2D eigenvalue weighted by atomic mass is 32.1. The summed E-state index contributed by atoms with van der Waals surface area (Å²) in [5.74, 6) is 0.0438. The number of pyridine rings is 1. The van der Waals surface area contributed by atoms with Gasteiger partial charge in [-0.15, -0.1) is 11.3 Å². The normalized spacial score (nSPS) is 15.3. The van der Waals surface area contributed by atoms with Crippen LogP contribution in [0.5, 0.6) is 0 Å². The Labute approximate surface area is 184 Å². The van der Waals surface area contributed by atoms with Crippen molar-refractivity contribution in [2.75, 3.05) is 13.1 Å². The van der Waals surface area contributed by atoms with Gasteiger partial charge in [-0.05, 0) is 51.8 Å². The lowest BCUT2D eigenvalue weighted by Crippen LogP contribution is -2.39. The predicted octanol–water partition coefficient (Wildman–Crippen LogP) is 4.12. The van der Waals surface area contributed by atoms with Gasteiger partial charge in [0.1, 0.15) is 12.7 Å². The first-order valence-electron chi connectivity index (χ1n) is 10.6. The average Bonchev–Trinajstić information content (AvgIpc) is 3.53. The zero-order valence-electron chi connectivity index (χ0n) is 17.9. The summed E-state index contributed by atoms with van der Waals surface area (Å²) >= 11 is 1.69. The third-order valence-electron chi connectivity index (χ3n) is 5.84. The van der Waals surface area contributed by atoms with Crippen LogP contribution in [0, 0.1) is 6.92 Å². The van der Waals surface area contributed by atoms with Gasteiger partial charge in [0.05, 0.1) is 33.8 Å². The van der Waals surface area contributed by atoms with Gasteiger partial charge >= 0.3 is 0 Å². The first kappa shape index (κ1) is 19.9. The van der Waals surface area contributed by atoms with E-state index in [2.05, 4.69) is 48.1 Å². The van der Waals surface area contributed by atoms with Gasteiger partial charge in [-0.2, -0.15) is 10.2 Å². The van der Waals surface area contributed by atoms with E-state index >= 15 is 0 Å². The second-order valence-electron chi connectivity index (χ2n) is 8.28. The third-order valence-corrected chi connectivity index (χ3v) is 6.86. The smallest absolute Gasteiger partial charge is 0.254 e. The monoisotopic (exact) mass is 435 g/mol. The van der Waals surface area contributed by atoms with Crippen LogP contribution in [0.2, 0.25) is 0 Å². The van der Waals surface area contributed by atoms with Crippen molar-refractivity contribution >= 4 is 28.3 Å². The Hall–Kier alpha value is -3.07. The minimum atomic E-state index is 0.0438. The van der Waals surface area contributed by atoms with E-state index < -0.39 is 0 Å². The molecule has 0 saturated carbocycles. The molecule has 8 nitrogen and oxygen atoms in total. The number of rotatable bonds is 4. The van der Waals surface area contributed by atoms with E-state index in [0.29, 0.717) is 18.7 Å². The number of nitrogens with zero attached hydrogens (tertiary/aromatic N) is 7. The Morgan fingerprint density at radius 1 is 1.19 bits per heavy atom. The van der Waals surface area contributed by atoms with E-state index in [4.69, 9.17) is 4.98 Å². The van der Waals surface area contributed by atoms with Crippen molar-refractivity contribution in [1.29, 1.82) is 0 Å². The van der Waals surface area contributed by atoms with Gasteiger partial charge in [0.25, 0.3) is 5.91 Å². The fourth-order valence-corrected chi connectivity index (χ4v) is 5.01. The molecule has 31 heavy (non-hydrogen) atoms. The fourth-order valence-electron chi connectivity index (χ4n) is 4.18. The maximum absolute atomic E-state index is 13.6.